The number of likely N-dealkylation sites (tertiary alicyclic amines) is 2. The normalized spacial score (nSPS) is 23.8. The maximum absolute atomic E-state index is 15.2. The molecule has 1 spiro atoms. The van der Waals surface area contributed by atoms with E-state index in [1.54, 1.807) is 12.1 Å². The highest BCUT2D eigenvalue weighted by molar-refractivity contribution is 6.30. The molecule has 3 saturated heterocycles. The molecule has 5 nitrogen and oxygen atoms in total. The average Bonchev–Trinajstić information content (AvgIpc) is 2.73. The highest BCUT2D eigenvalue weighted by atomic mass is 35.5. The fraction of sp³-hybridized carbons (Fsp3) is 0.565. The molecule has 0 aromatic heterocycles. The molecule has 0 bridgehead atoms. The van der Waals surface area contributed by atoms with E-state index in [1.807, 2.05) is 12.1 Å². The zero-order valence-corrected chi connectivity index (χ0v) is 18.1. The number of benzene rings is 1. The first-order valence-electron chi connectivity index (χ1n) is 10.7. The van der Waals surface area contributed by atoms with Crippen LogP contribution in [0.1, 0.15) is 30.7 Å². The number of amides is 2. The van der Waals surface area contributed by atoms with Crippen LogP contribution in [0.5, 0.6) is 0 Å². The van der Waals surface area contributed by atoms with E-state index < -0.39 is 23.8 Å². The fourth-order valence-electron chi connectivity index (χ4n) is 5.10. The molecule has 4 rings (SSSR count). The third-order valence-electron chi connectivity index (χ3n) is 7.04. The molecule has 2 amide bonds. The third kappa shape index (κ3) is 4.10. The van der Waals surface area contributed by atoms with Crippen LogP contribution in [-0.4, -0.2) is 66.9 Å². The maximum atomic E-state index is 15.2. The summed E-state index contributed by atoms with van der Waals surface area (Å²) in [6.45, 7) is 4.21. The van der Waals surface area contributed by atoms with Crippen molar-refractivity contribution in [3.63, 3.8) is 0 Å². The largest absolute Gasteiger partial charge is 0.381 e. The lowest BCUT2D eigenvalue weighted by atomic mass is 9.68. The summed E-state index contributed by atoms with van der Waals surface area (Å²) in [6, 6.07) is 7.09. The van der Waals surface area contributed by atoms with E-state index in [0.717, 1.165) is 11.6 Å². The van der Waals surface area contributed by atoms with Gasteiger partial charge in [0.1, 0.15) is 0 Å². The van der Waals surface area contributed by atoms with Crippen molar-refractivity contribution >= 4 is 23.4 Å². The minimum atomic E-state index is -3.06. The first kappa shape index (κ1) is 22.2. The first-order valence-corrected chi connectivity index (χ1v) is 11.1. The number of ether oxygens (including phenoxy) is 1. The second-order valence-electron chi connectivity index (χ2n) is 8.87. The molecule has 168 valence electrons. The van der Waals surface area contributed by atoms with Crippen molar-refractivity contribution in [3.8, 4) is 0 Å². The van der Waals surface area contributed by atoms with Gasteiger partial charge >= 0.3 is 0 Å². The average molecular weight is 453 g/mol. The molecule has 3 heterocycles. The van der Waals surface area contributed by atoms with Crippen molar-refractivity contribution in [2.45, 2.75) is 31.1 Å². The number of alkyl halides is 2. The van der Waals surface area contributed by atoms with Gasteiger partial charge in [-0.25, -0.2) is 8.78 Å². The van der Waals surface area contributed by atoms with Crippen LogP contribution in [-0.2, 0) is 14.3 Å². The van der Waals surface area contributed by atoms with E-state index in [4.69, 9.17) is 16.3 Å². The zero-order chi connectivity index (χ0) is 22.2. The zero-order valence-electron chi connectivity index (χ0n) is 17.4. The van der Waals surface area contributed by atoms with Gasteiger partial charge in [-0.3, -0.25) is 9.59 Å². The van der Waals surface area contributed by atoms with Crippen molar-refractivity contribution in [3.05, 3.63) is 47.5 Å². The third-order valence-corrected chi connectivity index (χ3v) is 7.30. The van der Waals surface area contributed by atoms with Gasteiger partial charge in [-0.05, 0) is 49.0 Å². The SMILES string of the molecule is C=CC(=O)N1CC2(CCN(C(=O)[C@H](c3ccc(Cl)cc3)C3CCOCC3)CC2(F)F)C1. The second-order valence-corrected chi connectivity index (χ2v) is 9.31. The van der Waals surface area contributed by atoms with Gasteiger partial charge in [0.2, 0.25) is 11.8 Å². The Bertz CT molecular complexity index is 849. The summed E-state index contributed by atoms with van der Waals surface area (Å²) >= 11 is 6.02. The molecule has 0 saturated carbocycles. The predicted molar refractivity (Wildman–Crippen MR) is 113 cm³/mol. The van der Waals surface area contributed by atoms with Gasteiger partial charge in [0.15, 0.2) is 0 Å². The molecule has 0 unspecified atom stereocenters. The predicted octanol–water partition coefficient (Wildman–Crippen LogP) is 3.73. The summed E-state index contributed by atoms with van der Waals surface area (Å²) < 4.78 is 35.9. The van der Waals surface area contributed by atoms with Gasteiger partial charge in [-0.15, -0.1) is 0 Å². The lowest BCUT2D eigenvalue weighted by Gasteiger charge is -2.57. The van der Waals surface area contributed by atoms with Crippen LogP contribution in [0.3, 0.4) is 0 Å². The molecule has 31 heavy (non-hydrogen) atoms. The minimum Gasteiger partial charge on any atom is -0.381 e. The Morgan fingerprint density at radius 2 is 1.77 bits per heavy atom. The molecule has 3 fully saturated rings. The molecular formula is C23H27ClF2N2O3. The maximum Gasteiger partial charge on any atom is 0.274 e. The van der Waals surface area contributed by atoms with Crippen LogP contribution < -0.4 is 0 Å². The molecule has 3 aliphatic rings. The number of hydrogen-bond donors (Lipinski definition) is 0. The van der Waals surface area contributed by atoms with Crippen LogP contribution in [0, 0.1) is 11.3 Å². The smallest absolute Gasteiger partial charge is 0.274 e. The lowest BCUT2D eigenvalue weighted by Crippen LogP contribution is -2.71. The minimum absolute atomic E-state index is 0.00740. The van der Waals surface area contributed by atoms with Crippen LogP contribution in [0.2, 0.25) is 5.02 Å². The topological polar surface area (TPSA) is 49.9 Å². The van der Waals surface area contributed by atoms with Crippen LogP contribution in [0.15, 0.2) is 36.9 Å². The Kier molecular flexibility index (Phi) is 6.10. The van der Waals surface area contributed by atoms with Crippen LogP contribution in [0.25, 0.3) is 0 Å². The summed E-state index contributed by atoms with van der Waals surface area (Å²) in [5, 5.41) is 0.567. The molecule has 0 radical (unpaired) electrons. The Labute approximate surface area is 186 Å². The number of halogens is 3. The molecule has 0 N–H and O–H groups in total. The number of carbonyl (C=O) groups is 2. The number of carbonyl (C=O) groups excluding carboxylic acids is 2. The van der Waals surface area contributed by atoms with Crippen molar-refractivity contribution < 1.29 is 23.1 Å². The van der Waals surface area contributed by atoms with Gasteiger partial charge in [0.25, 0.3) is 5.92 Å². The van der Waals surface area contributed by atoms with E-state index in [1.165, 1.54) is 9.80 Å². The van der Waals surface area contributed by atoms with Gasteiger partial charge in [-0.2, -0.15) is 0 Å². The molecule has 1 atom stereocenters. The van der Waals surface area contributed by atoms with E-state index in [9.17, 15) is 9.59 Å². The molecule has 3 aliphatic heterocycles. The number of nitrogens with zero attached hydrogens (tertiary/aromatic N) is 2. The quantitative estimate of drug-likeness (QED) is 0.654. The molecular weight excluding hydrogens is 426 g/mol. The fourth-order valence-corrected chi connectivity index (χ4v) is 5.22. The van der Waals surface area contributed by atoms with Crippen LogP contribution >= 0.6 is 11.6 Å². The van der Waals surface area contributed by atoms with Crippen molar-refractivity contribution in [2.24, 2.45) is 11.3 Å². The van der Waals surface area contributed by atoms with E-state index >= 15 is 8.78 Å². The molecule has 0 aliphatic carbocycles. The highest BCUT2D eigenvalue weighted by Gasteiger charge is 2.64. The Morgan fingerprint density at radius 1 is 1.13 bits per heavy atom. The van der Waals surface area contributed by atoms with Crippen molar-refractivity contribution in [2.75, 3.05) is 39.4 Å². The molecule has 8 heteroatoms. The second kappa shape index (κ2) is 8.51. The van der Waals surface area contributed by atoms with Crippen molar-refractivity contribution in [1.82, 2.24) is 9.80 Å². The standard InChI is InChI=1S/C23H27ClF2N2O3/c1-2-19(29)28-13-22(14-28)9-10-27(15-23(22,25)26)21(30)20(17-7-11-31-12-8-17)16-3-5-18(24)6-4-16/h2-6,17,20H,1,7-15H2/t20-/m1/s1. The number of rotatable bonds is 4. The summed E-state index contributed by atoms with van der Waals surface area (Å²) in [7, 11) is 0. The number of hydrogen-bond acceptors (Lipinski definition) is 3. The first-order chi connectivity index (χ1) is 14.8. The van der Waals surface area contributed by atoms with Gasteiger partial charge in [-0.1, -0.05) is 30.3 Å². The van der Waals surface area contributed by atoms with Gasteiger partial charge in [0, 0.05) is 37.9 Å². The summed E-state index contributed by atoms with van der Waals surface area (Å²) in [4.78, 5) is 28.0. The van der Waals surface area contributed by atoms with E-state index in [-0.39, 0.29) is 43.8 Å². The summed E-state index contributed by atoms with van der Waals surface area (Å²) in [5.74, 6) is -4.11. The number of piperidine rings is 1. The van der Waals surface area contributed by atoms with Crippen molar-refractivity contribution in [1.29, 1.82) is 0 Å². The van der Waals surface area contributed by atoms with E-state index in [2.05, 4.69) is 6.58 Å². The molecule has 1 aromatic rings. The van der Waals surface area contributed by atoms with E-state index in [0.29, 0.717) is 31.1 Å². The van der Waals surface area contributed by atoms with Gasteiger partial charge in [0.05, 0.1) is 17.9 Å². The van der Waals surface area contributed by atoms with Crippen LogP contribution in [0.4, 0.5) is 8.78 Å². The van der Waals surface area contributed by atoms with Gasteiger partial charge < -0.3 is 14.5 Å². The highest BCUT2D eigenvalue weighted by Crippen LogP contribution is 2.50. The summed E-state index contributed by atoms with van der Waals surface area (Å²) in [5.41, 5.74) is -0.451. The molecule has 1 aromatic carbocycles. The Hall–Kier alpha value is -1.99. The Balaban J connectivity index is 1.52. The Morgan fingerprint density at radius 3 is 2.35 bits per heavy atom. The monoisotopic (exact) mass is 452 g/mol. The summed E-state index contributed by atoms with van der Waals surface area (Å²) in [6.07, 6.45) is 2.75. The lowest BCUT2D eigenvalue weighted by molar-refractivity contribution is -0.223.